The monoisotopic (exact) mass is 148 g/mol. The topological polar surface area (TPSA) is 58.3 Å². The van der Waals surface area contributed by atoms with E-state index in [1.54, 1.807) is 6.20 Å². The first-order chi connectivity index (χ1) is 5.47. The highest BCUT2D eigenvalue weighted by molar-refractivity contribution is 5.07. The molecule has 0 saturated carbocycles. The van der Waals surface area contributed by atoms with Crippen molar-refractivity contribution in [3.63, 3.8) is 0 Å². The quantitative estimate of drug-likeness (QED) is 0.553. The van der Waals surface area contributed by atoms with Crippen LogP contribution in [0.2, 0.25) is 0 Å². The molecule has 0 aliphatic rings. The lowest BCUT2D eigenvalue weighted by Gasteiger charge is -1.85. The molecule has 0 aromatic carbocycles. The number of H-pyrrole nitrogens is 1. The molecule has 0 aliphatic heterocycles. The summed E-state index contributed by atoms with van der Waals surface area (Å²) < 4.78 is 0. The van der Waals surface area contributed by atoms with Crippen molar-refractivity contribution in [1.82, 2.24) is 20.4 Å². The predicted molar refractivity (Wildman–Crippen MR) is 35.7 cm³/mol. The van der Waals surface area contributed by atoms with Crippen molar-refractivity contribution < 1.29 is 4.80 Å². The van der Waals surface area contributed by atoms with E-state index in [1.807, 2.05) is 18.2 Å². The third kappa shape index (κ3) is 1.07. The summed E-state index contributed by atoms with van der Waals surface area (Å²) in [5, 5.41) is 10.2. The molecule has 2 aromatic rings. The van der Waals surface area contributed by atoms with Gasteiger partial charge in [0, 0.05) is 6.07 Å². The molecular weight excluding hydrogens is 142 g/mol. The molecule has 0 fully saturated rings. The zero-order chi connectivity index (χ0) is 7.52. The summed E-state index contributed by atoms with van der Waals surface area (Å²) >= 11 is 0. The van der Waals surface area contributed by atoms with Gasteiger partial charge in [-0.1, -0.05) is 16.4 Å². The summed E-state index contributed by atoms with van der Waals surface area (Å²) in [6.07, 6.45) is 3.12. The maximum absolute atomic E-state index is 4.05. The minimum atomic E-state index is 0.727. The van der Waals surface area contributed by atoms with E-state index in [0.717, 1.165) is 5.82 Å². The summed E-state index contributed by atoms with van der Waals surface area (Å²) in [5.41, 5.74) is 0. The average molecular weight is 148 g/mol. The van der Waals surface area contributed by atoms with E-state index in [-0.39, 0.29) is 0 Å². The van der Waals surface area contributed by atoms with Crippen molar-refractivity contribution >= 4 is 0 Å². The van der Waals surface area contributed by atoms with E-state index in [9.17, 15) is 0 Å². The molecule has 0 unspecified atom stereocenters. The van der Waals surface area contributed by atoms with E-state index >= 15 is 0 Å². The molecule has 2 heterocycles. The smallest absolute Gasteiger partial charge is 0.108 e. The van der Waals surface area contributed by atoms with Crippen LogP contribution >= 0.6 is 0 Å². The molecule has 1 N–H and O–H groups in total. The Morgan fingerprint density at radius 3 is 3.00 bits per heavy atom. The van der Waals surface area contributed by atoms with Gasteiger partial charge in [-0.2, -0.15) is 0 Å². The van der Waals surface area contributed by atoms with Gasteiger partial charge in [-0.15, -0.1) is 4.98 Å². The van der Waals surface area contributed by atoms with E-state index in [0.29, 0.717) is 0 Å². The fourth-order valence-corrected chi connectivity index (χ4v) is 0.773. The number of pyridine rings is 1. The molecule has 0 radical (unpaired) electrons. The second kappa shape index (κ2) is 2.45. The predicted octanol–water partition coefficient (Wildman–Crippen LogP) is -0.524. The van der Waals surface area contributed by atoms with Crippen LogP contribution in [0.1, 0.15) is 0 Å². The standard InChI is InChI=1S/C6H5N5/c1-2-4-7-6(3-1)11-9-5-8-10-11/h1-5H/p+1. The van der Waals surface area contributed by atoms with Gasteiger partial charge in [-0.05, 0) is 16.0 Å². The normalized spacial score (nSPS) is 9.82. The molecule has 0 saturated heterocycles. The lowest BCUT2D eigenvalue weighted by Crippen LogP contribution is -2.36. The van der Waals surface area contributed by atoms with Gasteiger partial charge < -0.3 is 0 Å². The van der Waals surface area contributed by atoms with Crippen molar-refractivity contribution in [2.75, 3.05) is 0 Å². The Labute approximate surface area is 62.7 Å². The summed E-state index contributed by atoms with van der Waals surface area (Å²) in [4.78, 5) is 5.54. The van der Waals surface area contributed by atoms with E-state index in [4.69, 9.17) is 0 Å². The van der Waals surface area contributed by atoms with Crippen LogP contribution in [0.15, 0.2) is 30.7 Å². The molecule has 0 atom stereocenters. The van der Waals surface area contributed by atoms with Gasteiger partial charge in [0.2, 0.25) is 0 Å². The third-order valence-corrected chi connectivity index (χ3v) is 1.24. The van der Waals surface area contributed by atoms with Gasteiger partial charge in [0.1, 0.15) is 6.20 Å². The van der Waals surface area contributed by atoms with Crippen LogP contribution in [0, 0.1) is 0 Å². The highest BCUT2D eigenvalue weighted by Gasteiger charge is 2.03. The molecule has 5 heteroatoms. The second-order valence-electron chi connectivity index (χ2n) is 1.96. The van der Waals surface area contributed by atoms with Crippen molar-refractivity contribution in [2.45, 2.75) is 0 Å². The zero-order valence-electron chi connectivity index (χ0n) is 5.68. The molecular formula is C6H6N5+. The minimum absolute atomic E-state index is 0.727. The van der Waals surface area contributed by atoms with Crippen LogP contribution < -0.4 is 4.80 Å². The van der Waals surface area contributed by atoms with Crippen molar-refractivity contribution in [3.05, 3.63) is 30.7 Å². The van der Waals surface area contributed by atoms with E-state index in [1.165, 1.54) is 11.1 Å². The van der Waals surface area contributed by atoms with Crippen LogP contribution in [0.25, 0.3) is 5.82 Å². The third-order valence-electron chi connectivity index (χ3n) is 1.24. The molecule has 54 valence electrons. The first-order valence-electron chi connectivity index (χ1n) is 3.16. The maximum Gasteiger partial charge on any atom is 0.305 e. The highest BCUT2D eigenvalue weighted by atomic mass is 15.6. The second-order valence-corrected chi connectivity index (χ2v) is 1.96. The lowest BCUT2D eigenvalue weighted by molar-refractivity contribution is -0.720. The Kier molecular flexibility index (Phi) is 1.33. The fourth-order valence-electron chi connectivity index (χ4n) is 0.773. The maximum atomic E-state index is 4.05. The lowest BCUT2D eigenvalue weighted by atomic mass is 10.5. The number of aromatic amines is 1. The Morgan fingerprint density at radius 1 is 1.36 bits per heavy atom. The Morgan fingerprint density at radius 2 is 2.36 bits per heavy atom. The summed E-state index contributed by atoms with van der Waals surface area (Å²) in [6, 6.07) is 5.57. The van der Waals surface area contributed by atoms with Crippen molar-refractivity contribution in [1.29, 1.82) is 0 Å². The Balaban J connectivity index is 2.46. The number of rotatable bonds is 1. The highest BCUT2D eigenvalue weighted by Crippen LogP contribution is 1.87. The SMILES string of the molecule is c1ccc(-[n+]2ncn[nH]2)nc1. The van der Waals surface area contributed by atoms with Crippen LogP contribution in [0.5, 0.6) is 0 Å². The van der Waals surface area contributed by atoms with Crippen LogP contribution in [0.4, 0.5) is 0 Å². The molecule has 0 amide bonds. The number of hydrogen-bond donors (Lipinski definition) is 1. The summed E-state index contributed by atoms with van der Waals surface area (Å²) in [5.74, 6) is 0.727. The van der Waals surface area contributed by atoms with Gasteiger partial charge in [0.15, 0.2) is 0 Å². The number of tetrazole rings is 1. The molecule has 0 spiro atoms. The van der Waals surface area contributed by atoms with Crippen LogP contribution in [-0.2, 0) is 0 Å². The minimum Gasteiger partial charge on any atom is -0.108 e. The number of aromatic nitrogens is 5. The first-order valence-corrected chi connectivity index (χ1v) is 3.16. The van der Waals surface area contributed by atoms with Gasteiger partial charge >= 0.3 is 5.82 Å². The van der Waals surface area contributed by atoms with Gasteiger partial charge in [0.25, 0.3) is 6.33 Å². The van der Waals surface area contributed by atoms with Crippen molar-refractivity contribution in [3.8, 4) is 5.82 Å². The van der Waals surface area contributed by atoms with Crippen molar-refractivity contribution in [2.24, 2.45) is 0 Å². The van der Waals surface area contributed by atoms with E-state index in [2.05, 4.69) is 20.4 Å². The van der Waals surface area contributed by atoms with Gasteiger partial charge in [-0.25, -0.2) is 0 Å². The molecule has 11 heavy (non-hydrogen) atoms. The fraction of sp³-hybridized carbons (Fsp3) is 0. The summed E-state index contributed by atoms with van der Waals surface area (Å²) in [7, 11) is 0. The number of nitrogens with one attached hydrogen (secondary N) is 1. The number of hydrogen-bond acceptors (Lipinski definition) is 3. The molecule has 2 aromatic heterocycles. The molecule has 0 aliphatic carbocycles. The van der Waals surface area contributed by atoms with Gasteiger partial charge in [-0.3, -0.25) is 0 Å². The first kappa shape index (κ1) is 5.96. The van der Waals surface area contributed by atoms with E-state index < -0.39 is 0 Å². The van der Waals surface area contributed by atoms with Crippen LogP contribution in [0.3, 0.4) is 0 Å². The molecule has 2 rings (SSSR count). The average Bonchev–Trinajstić information content (AvgIpc) is 2.58. The number of nitrogens with zero attached hydrogens (tertiary/aromatic N) is 4. The molecule has 5 nitrogen and oxygen atoms in total. The zero-order valence-corrected chi connectivity index (χ0v) is 5.68. The Bertz CT molecular complexity index is 314. The largest absolute Gasteiger partial charge is 0.305 e. The van der Waals surface area contributed by atoms with Crippen LogP contribution in [-0.4, -0.2) is 20.4 Å². The summed E-state index contributed by atoms with van der Waals surface area (Å²) in [6.45, 7) is 0. The molecule has 0 bridgehead atoms. The Hall–Kier alpha value is -1.78. The van der Waals surface area contributed by atoms with Gasteiger partial charge in [0.05, 0.1) is 0 Å².